The number of hydrogen-bond acceptors (Lipinski definition) is 4. The number of carboxylic acids is 2. The Bertz CT molecular complexity index is 1450. The molecule has 0 unspecified atom stereocenters. The second-order valence-corrected chi connectivity index (χ2v) is 11.2. The number of aryl methyl sites for hydroxylation is 1. The number of aromatic amines is 3. The molecule has 0 fully saturated rings. The lowest BCUT2D eigenvalue weighted by Crippen LogP contribution is -2.33. The molecule has 10 nitrogen and oxygen atoms in total. The van der Waals surface area contributed by atoms with Crippen LogP contribution in [0.2, 0.25) is 0 Å². The van der Waals surface area contributed by atoms with Gasteiger partial charge < -0.3 is 24.7 Å². The van der Waals surface area contributed by atoms with Crippen LogP contribution in [0.15, 0.2) is 15.8 Å². The summed E-state index contributed by atoms with van der Waals surface area (Å²) in [5.74, 6) is -3.04. The summed E-state index contributed by atoms with van der Waals surface area (Å²) in [4.78, 5) is 59.7. The number of nitrogens with one attached hydrogen (secondary N) is 3. The number of aromatic nitrogens is 4. The zero-order chi connectivity index (χ0) is 31.7. The quantitative estimate of drug-likeness (QED) is 0.111. The Morgan fingerprint density at radius 1 is 0.674 bits per heavy atom. The molecule has 0 saturated heterocycles. The van der Waals surface area contributed by atoms with Gasteiger partial charge in [0.25, 0.3) is 5.56 Å². The average molecular weight is 597 g/mol. The minimum absolute atomic E-state index is 0.0572. The molecule has 0 aromatic carbocycles. The van der Waals surface area contributed by atoms with Gasteiger partial charge in [0.15, 0.2) is 0 Å². The molecule has 0 aliphatic carbocycles. The molecular formula is C33H48N4O6. The van der Waals surface area contributed by atoms with Crippen LogP contribution in [0.25, 0.3) is 0 Å². The van der Waals surface area contributed by atoms with E-state index in [1.54, 1.807) is 6.20 Å². The SMILES string of the molecule is CCCCCCCCCCn1cc(C(c2[nH]c(C(=O)O)c(CC)c2CC)c2[nH]c(C(=O)O)c(CC)c2CC)c(=O)[nH]c1=O. The fraction of sp³-hybridized carbons (Fsp3) is 0.576. The van der Waals surface area contributed by atoms with Crippen molar-refractivity contribution in [1.29, 1.82) is 0 Å². The molecule has 236 valence electrons. The lowest BCUT2D eigenvalue weighted by atomic mass is 9.86. The summed E-state index contributed by atoms with van der Waals surface area (Å²) < 4.78 is 1.52. The maximum absolute atomic E-state index is 13.5. The van der Waals surface area contributed by atoms with E-state index in [0.717, 1.165) is 36.8 Å². The van der Waals surface area contributed by atoms with Gasteiger partial charge in [0.1, 0.15) is 11.4 Å². The Morgan fingerprint density at radius 2 is 1.12 bits per heavy atom. The monoisotopic (exact) mass is 596 g/mol. The Kier molecular flexibility index (Phi) is 12.2. The molecule has 0 atom stereocenters. The highest BCUT2D eigenvalue weighted by Gasteiger charge is 2.33. The van der Waals surface area contributed by atoms with E-state index in [1.165, 1.54) is 30.3 Å². The Morgan fingerprint density at radius 3 is 1.53 bits per heavy atom. The topological polar surface area (TPSA) is 161 Å². The third kappa shape index (κ3) is 7.40. The van der Waals surface area contributed by atoms with E-state index < -0.39 is 29.1 Å². The smallest absolute Gasteiger partial charge is 0.352 e. The number of H-pyrrole nitrogens is 3. The maximum Gasteiger partial charge on any atom is 0.352 e. The van der Waals surface area contributed by atoms with Crippen LogP contribution in [0.3, 0.4) is 0 Å². The van der Waals surface area contributed by atoms with Gasteiger partial charge in [-0.05, 0) is 54.4 Å². The average Bonchev–Trinajstić information content (AvgIpc) is 3.54. The third-order valence-corrected chi connectivity index (χ3v) is 8.52. The van der Waals surface area contributed by atoms with E-state index in [1.807, 2.05) is 27.7 Å². The summed E-state index contributed by atoms with van der Waals surface area (Å²) in [5.41, 5.74) is 3.18. The number of carbonyl (C=O) groups is 2. The lowest BCUT2D eigenvalue weighted by molar-refractivity contribution is 0.0679. The van der Waals surface area contributed by atoms with Crippen molar-refractivity contribution in [3.05, 3.63) is 77.6 Å². The number of hydrogen-bond donors (Lipinski definition) is 5. The predicted molar refractivity (Wildman–Crippen MR) is 168 cm³/mol. The molecule has 3 aromatic heterocycles. The van der Waals surface area contributed by atoms with Crippen molar-refractivity contribution in [2.45, 2.75) is 124 Å². The molecule has 43 heavy (non-hydrogen) atoms. The van der Waals surface area contributed by atoms with Crippen LogP contribution in [-0.4, -0.2) is 41.7 Å². The van der Waals surface area contributed by atoms with Crippen LogP contribution >= 0.6 is 0 Å². The minimum atomic E-state index is -1.10. The molecule has 0 amide bonds. The van der Waals surface area contributed by atoms with Crippen molar-refractivity contribution in [2.75, 3.05) is 0 Å². The van der Waals surface area contributed by atoms with Crippen molar-refractivity contribution in [1.82, 2.24) is 19.5 Å². The van der Waals surface area contributed by atoms with Gasteiger partial charge in [-0.2, -0.15) is 0 Å². The first-order valence-electron chi connectivity index (χ1n) is 15.9. The highest BCUT2D eigenvalue weighted by Crippen LogP contribution is 2.38. The van der Waals surface area contributed by atoms with Crippen LogP contribution in [0.1, 0.15) is 152 Å². The van der Waals surface area contributed by atoms with Gasteiger partial charge in [-0.25, -0.2) is 14.4 Å². The van der Waals surface area contributed by atoms with Gasteiger partial charge in [-0.15, -0.1) is 0 Å². The van der Waals surface area contributed by atoms with Crippen molar-refractivity contribution in [3.63, 3.8) is 0 Å². The van der Waals surface area contributed by atoms with Crippen molar-refractivity contribution < 1.29 is 19.8 Å². The molecule has 3 rings (SSSR count). The van der Waals surface area contributed by atoms with Gasteiger partial charge in [0, 0.05) is 29.7 Å². The molecule has 0 aliphatic heterocycles. The summed E-state index contributed by atoms with van der Waals surface area (Å²) in [7, 11) is 0. The molecule has 0 radical (unpaired) electrons. The van der Waals surface area contributed by atoms with E-state index in [-0.39, 0.29) is 17.0 Å². The van der Waals surface area contributed by atoms with Crippen LogP contribution in [0.4, 0.5) is 0 Å². The second kappa shape index (κ2) is 15.6. The number of rotatable bonds is 18. The minimum Gasteiger partial charge on any atom is -0.477 e. The van der Waals surface area contributed by atoms with Gasteiger partial charge in [-0.3, -0.25) is 9.78 Å². The van der Waals surface area contributed by atoms with Gasteiger partial charge >= 0.3 is 17.6 Å². The maximum atomic E-state index is 13.5. The number of aromatic carboxylic acids is 2. The lowest BCUT2D eigenvalue weighted by Gasteiger charge is -2.20. The Balaban J connectivity index is 2.18. The molecule has 0 bridgehead atoms. The summed E-state index contributed by atoms with van der Waals surface area (Å²) >= 11 is 0. The number of nitrogens with zero attached hydrogens (tertiary/aromatic N) is 1. The first kappa shape index (κ1) is 33.7. The van der Waals surface area contributed by atoms with Gasteiger partial charge in [-0.1, -0.05) is 79.6 Å². The normalized spacial score (nSPS) is 11.5. The first-order valence-corrected chi connectivity index (χ1v) is 15.9. The fourth-order valence-corrected chi connectivity index (χ4v) is 6.41. The van der Waals surface area contributed by atoms with Crippen molar-refractivity contribution >= 4 is 11.9 Å². The molecule has 0 aliphatic rings. The van der Waals surface area contributed by atoms with Crippen LogP contribution in [-0.2, 0) is 32.2 Å². The summed E-state index contributed by atoms with van der Waals surface area (Å²) in [6.45, 7) is 10.2. The van der Waals surface area contributed by atoms with Crippen LogP contribution < -0.4 is 11.2 Å². The molecule has 0 spiro atoms. The first-order chi connectivity index (χ1) is 20.6. The van der Waals surface area contributed by atoms with Crippen molar-refractivity contribution in [2.24, 2.45) is 0 Å². The molecule has 0 saturated carbocycles. The van der Waals surface area contributed by atoms with E-state index in [4.69, 9.17) is 0 Å². The van der Waals surface area contributed by atoms with E-state index >= 15 is 0 Å². The molecular weight excluding hydrogens is 548 g/mol. The predicted octanol–water partition coefficient (Wildman–Crippen LogP) is 6.16. The van der Waals surface area contributed by atoms with Gasteiger partial charge in [0.2, 0.25) is 0 Å². The van der Waals surface area contributed by atoms with E-state index in [2.05, 4.69) is 21.9 Å². The van der Waals surface area contributed by atoms with E-state index in [0.29, 0.717) is 54.7 Å². The molecule has 3 aromatic rings. The second-order valence-electron chi connectivity index (χ2n) is 11.2. The summed E-state index contributed by atoms with van der Waals surface area (Å²) in [6.07, 6.45) is 12.4. The zero-order valence-corrected chi connectivity index (χ0v) is 26.3. The summed E-state index contributed by atoms with van der Waals surface area (Å²) in [5, 5.41) is 20.0. The number of unbranched alkanes of at least 4 members (excludes halogenated alkanes) is 7. The van der Waals surface area contributed by atoms with Crippen molar-refractivity contribution in [3.8, 4) is 0 Å². The standard InChI is InChI=1S/C33H48N4O6/c1-6-11-12-13-14-15-16-17-18-37-19-24(30(38)36-33(37)43)25(26-20(7-2)22(9-4)28(34-26)31(39)40)27-21(8-3)23(10-5)29(35-27)32(41)42/h19,25,34-35H,6-18H2,1-5H3,(H,39,40)(H,41,42)(H,36,38,43). The molecule has 10 heteroatoms. The van der Waals surface area contributed by atoms with Gasteiger partial charge in [0.05, 0.1) is 5.92 Å². The molecule has 3 heterocycles. The Hall–Kier alpha value is -3.82. The highest BCUT2D eigenvalue weighted by atomic mass is 16.4. The summed E-state index contributed by atoms with van der Waals surface area (Å²) in [6, 6.07) is 0. The molecule has 5 N–H and O–H groups in total. The number of carboxylic acid groups (broad SMARTS) is 2. The highest BCUT2D eigenvalue weighted by molar-refractivity contribution is 5.89. The van der Waals surface area contributed by atoms with Crippen LogP contribution in [0.5, 0.6) is 0 Å². The third-order valence-electron chi connectivity index (χ3n) is 8.52. The van der Waals surface area contributed by atoms with Crippen LogP contribution in [0, 0.1) is 0 Å². The largest absolute Gasteiger partial charge is 0.477 e. The Labute approximate surface area is 253 Å². The zero-order valence-electron chi connectivity index (χ0n) is 26.3. The fourth-order valence-electron chi connectivity index (χ4n) is 6.41. The van der Waals surface area contributed by atoms with E-state index in [9.17, 15) is 29.4 Å².